The number of ether oxygens (including phenoxy) is 1. The summed E-state index contributed by atoms with van der Waals surface area (Å²) in [7, 11) is 0. The van der Waals surface area contributed by atoms with E-state index in [1.807, 2.05) is 31.2 Å². The molecule has 7 nitrogen and oxygen atoms in total. The van der Waals surface area contributed by atoms with Gasteiger partial charge in [0, 0.05) is 31.3 Å². The van der Waals surface area contributed by atoms with Crippen LogP contribution in [0.3, 0.4) is 0 Å². The molecule has 35 heavy (non-hydrogen) atoms. The first kappa shape index (κ1) is 25.1. The number of thioether (sulfide) groups is 1. The molecule has 0 saturated carbocycles. The number of amides is 2. The average Bonchev–Trinajstić information content (AvgIpc) is 3.43. The maximum atomic E-state index is 12.5. The van der Waals surface area contributed by atoms with Gasteiger partial charge in [0.25, 0.3) is 0 Å². The van der Waals surface area contributed by atoms with Gasteiger partial charge in [-0.15, -0.1) is 0 Å². The molecule has 186 valence electrons. The number of rotatable bonds is 10. The molecular weight excluding hydrogens is 464 g/mol. The summed E-state index contributed by atoms with van der Waals surface area (Å²) in [6, 6.07) is 16.4. The molecule has 0 radical (unpaired) electrons. The van der Waals surface area contributed by atoms with E-state index < -0.39 is 17.5 Å². The van der Waals surface area contributed by atoms with Crippen LogP contribution in [0.25, 0.3) is 11.1 Å². The second kappa shape index (κ2) is 11.2. The number of nitrogens with zero attached hydrogens (tertiary/aromatic N) is 1. The van der Waals surface area contributed by atoms with E-state index in [-0.39, 0.29) is 30.7 Å². The Hall–Kier alpha value is -3.00. The van der Waals surface area contributed by atoms with E-state index in [4.69, 9.17) is 4.74 Å². The smallest absolute Gasteiger partial charge is 0.407 e. The zero-order valence-electron chi connectivity index (χ0n) is 20.0. The van der Waals surface area contributed by atoms with E-state index in [0.717, 1.165) is 6.42 Å². The van der Waals surface area contributed by atoms with Gasteiger partial charge in [-0.3, -0.25) is 9.59 Å². The van der Waals surface area contributed by atoms with E-state index in [0.29, 0.717) is 31.7 Å². The predicted octanol–water partition coefficient (Wildman–Crippen LogP) is 4.36. The fourth-order valence-corrected chi connectivity index (χ4v) is 5.92. The summed E-state index contributed by atoms with van der Waals surface area (Å²) in [5.41, 5.74) is 3.91. The van der Waals surface area contributed by atoms with Crippen molar-refractivity contribution in [1.82, 2.24) is 10.2 Å². The van der Waals surface area contributed by atoms with Gasteiger partial charge < -0.3 is 20.1 Å². The minimum absolute atomic E-state index is 0.0197. The molecule has 2 N–H and O–H groups in total. The van der Waals surface area contributed by atoms with Crippen LogP contribution in [0.1, 0.15) is 43.2 Å². The highest BCUT2D eigenvalue weighted by Gasteiger charge is 2.45. The van der Waals surface area contributed by atoms with Crippen molar-refractivity contribution >= 4 is 29.7 Å². The lowest BCUT2D eigenvalue weighted by molar-refractivity contribution is -0.149. The number of benzene rings is 2. The SMILES string of the molecule is CCCC1(C(=O)O)CCN(C(=O)CSCCNC(=O)OCC2c3ccccc3-c3ccccc32)C1. The molecule has 1 saturated heterocycles. The third-order valence-electron chi connectivity index (χ3n) is 6.97. The number of aliphatic carboxylic acids is 1. The van der Waals surface area contributed by atoms with Crippen LogP contribution in [0.2, 0.25) is 0 Å². The number of fused-ring (bicyclic) bond motifs is 3. The molecule has 1 aliphatic heterocycles. The monoisotopic (exact) mass is 496 g/mol. The van der Waals surface area contributed by atoms with Gasteiger partial charge >= 0.3 is 12.1 Å². The molecule has 1 atom stereocenters. The lowest BCUT2D eigenvalue weighted by Crippen LogP contribution is -2.37. The number of alkyl carbamates (subject to hydrolysis) is 1. The Labute approximate surface area is 210 Å². The van der Waals surface area contributed by atoms with Crippen molar-refractivity contribution in [2.45, 2.75) is 32.1 Å². The van der Waals surface area contributed by atoms with Crippen LogP contribution in [0.15, 0.2) is 48.5 Å². The molecule has 0 spiro atoms. The van der Waals surface area contributed by atoms with E-state index in [9.17, 15) is 19.5 Å². The maximum absolute atomic E-state index is 12.5. The third kappa shape index (κ3) is 5.48. The molecule has 8 heteroatoms. The van der Waals surface area contributed by atoms with Crippen molar-refractivity contribution in [3.05, 3.63) is 59.7 Å². The van der Waals surface area contributed by atoms with Crippen molar-refractivity contribution in [2.24, 2.45) is 5.41 Å². The molecular formula is C27H32N2O5S. The molecule has 1 fully saturated rings. The van der Waals surface area contributed by atoms with Crippen LogP contribution in [-0.2, 0) is 14.3 Å². The number of carboxylic acids is 1. The summed E-state index contributed by atoms with van der Waals surface area (Å²) in [5.74, 6) is 0.00740. The zero-order chi connectivity index (χ0) is 24.8. The number of carbonyl (C=O) groups is 3. The molecule has 2 amide bonds. The lowest BCUT2D eigenvalue weighted by atomic mass is 9.83. The van der Waals surface area contributed by atoms with Crippen LogP contribution in [-0.4, -0.2) is 65.7 Å². The Morgan fingerprint density at radius 1 is 1.11 bits per heavy atom. The molecule has 2 aromatic rings. The van der Waals surface area contributed by atoms with Gasteiger partial charge in [-0.25, -0.2) is 4.79 Å². The van der Waals surface area contributed by atoms with Gasteiger partial charge in [0.1, 0.15) is 6.61 Å². The number of likely N-dealkylation sites (tertiary alicyclic amines) is 1. The summed E-state index contributed by atoms with van der Waals surface area (Å²) < 4.78 is 5.53. The minimum Gasteiger partial charge on any atom is -0.481 e. The highest BCUT2D eigenvalue weighted by atomic mass is 32.2. The number of hydrogen-bond donors (Lipinski definition) is 2. The average molecular weight is 497 g/mol. The predicted molar refractivity (Wildman–Crippen MR) is 137 cm³/mol. The molecule has 2 aliphatic rings. The molecule has 1 unspecified atom stereocenters. The molecule has 1 aliphatic carbocycles. The van der Waals surface area contributed by atoms with Gasteiger partial charge in [-0.05, 0) is 35.1 Å². The van der Waals surface area contributed by atoms with Crippen molar-refractivity contribution < 1.29 is 24.2 Å². The largest absolute Gasteiger partial charge is 0.481 e. The molecule has 0 bridgehead atoms. The second-order valence-electron chi connectivity index (χ2n) is 9.21. The van der Waals surface area contributed by atoms with E-state index >= 15 is 0 Å². The van der Waals surface area contributed by atoms with E-state index in [2.05, 4.69) is 29.6 Å². The number of carboxylic acid groups (broad SMARTS) is 1. The Balaban J connectivity index is 1.17. The first-order chi connectivity index (χ1) is 16.9. The topological polar surface area (TPSA) is 95.9 Å². The summed E-state index contributed by atoms with van der Waals surface area (Å²) in [5, 5.41) is 12.4. The van der Waals surface area contributed by atoms with Gasteiger partial charge in [0.15, 0.2) is 0 Å². The summed E-state index contributed by atoms with van der Waals surface area (Å²) >= 11 is 1.43. The fourth-order valence-electron chi connectivity index (χ4n) is 5.17. The summed E-state index contributed by atoms with van der Waals surface area (Å²) in [6.45, 7) is 3.40. The first-order valence-corrected chi connectivity index (χ1v) is 13.3. The first-order valence-electron chi connectivity index (χ1n) is 12.1. The van der Waals surface area contributed by atoms with Crippen LogP contribution in [0.4, 0.5) is 4.79 Å². The highest BCUT2D eigenvalue weighted by molar-refractivity contribution is 7.99. The minimum atomic E-state index is -0.811. The van der Waals surface area contributed by atoms with Crippen molar-refractivity contribution in [3.63, 3.8) is 0 Å². The highest BCUT2D eigenvalue weighted by Crippen LogP contribution is 2.44. The maximum Gasteiger partial charge on any atom is 0.407 e. The molecule has 0 aromatic heterocycles. The Morgan fingerprint density at radius 3 is 2.40 bits per heavy atom. The summed E-state index contributed by atoms with van der Waals surface area (Å²) in [4.78, 5) is 38.1. The third-order valence-corrected chi connectivity index (χ3v) is 7.92. The van der Waals surface area contributed by atoms with Crippen LogP contribution < -0.4 is 5.32 Å². The number of nitrogens with one attached hydrogen (secondary N) is 1. The Bertz CT molecular complexity index is 1050. The Kier molecular flexibility index (Phi) is 8.00. The van der Waals surface area contributed by atoms with E-state index in [1.54, 1.807) is 4.90 Å². The second-order valence-corrected chi connectivity index (χ2v) is 10.3. The normalized spacial score (nSPS) is 18.7. The van der Waals surface area contributed by atoms with Gasteiger partial charge in [-0.2, -0.15) is 11.8 Å². The standard InChI is InChI=1S/C27H32N2O5S/c1-2-11-27(25(31)32)12-14-29(18-27)24(30)17-35-15-13-28-26(33)34-16-23-21-9-5-3-7-19(21)20-8-4-6-10-22(20)23/h3-10,23H,2,11-18H2,1H3,(H,28,33)(H,31,32). The molecule has 1 heterocycles. The van der Waals surface area contributed by atoms with E-state index in [1.165, 1.54) is 34.0 Å². The molecule has 4 rings (SSSR count). The molecule has 2 aromatic carbocycles. The van der Waals surface area contributed by atoms with Crippen molar-refractivity contribution in [1.29, 1.82) is 0 Å². The zero-order valence-corrected chi connectivity index (χ0v) is 20.8. The van der Waals surface area contributed by atoms with Crippen LogP contribution >= 0.6 is 11.8 Å². The quantitative estimate of drug-likeness (QED) is 0.475. The van der Waals surface area contributed by atoms with Gasteiger partial charge in [0.05, 0.1) is 11.2 Å². The van der Waals surface area contributed by atoms with Crippen LogP contribution in [0, 0.1) is 5.41 Å². The number of hydrogen-bond acceptors (Lipinski definition) is 5. The Morgan fingerprint density at radius 2 is 1.77 bits per heavy atom. The van der Waals surface area contributed by atoms with Crippen LogP contribution in [0.5, 0.6) is 0 Å². The summed E-state index contributed by atoms with van der Waals surface area (Å²) in [6.07, 6.45) is 1.41. The van der Waals surface area contributed by atoms with Crippen molar-refractivity contribution in [3.8, 4) is 11.1 Å². The van der Waals surface area contributed by atoms with Crippen molar-refractivity contribution in [2.75, 3.05) is 37.7 Å². The lowest BCUT2D eigenvalue weighted by Gasteiger charge is -2.24. The number of carbonyl (C=O) groups excluding carboxylic acids is 2. The van der Waals surface area contributed by atoms with Gasteiger partial charge in [-0.1, -0.05) is 61.9 Å². The van der Waals surface area contributed by atoms with Gasteiger partial charge in [0.2, 0.25) is 5.91 Å². The fraction of sp³-hybridized carbons (Fsp3) is 0.444.